The molecule has 1 heterocycles. The first kappa shape index (κ1) is 23.5. The maximum absolute atomic E-state index is 11.9. The van der Waals surface area contributed by atoms with Crippen molar-refractivity contribution >= 4 is 23.5 Å². The highest BCUT2D eigenvalue weighted by molar-refractivity contribution is 6.30. The second-order valence-corrected chi connectivity index (χ2v) is 9.02. The van der Waals surface area contributed by atoms with Crippen molar-refractivity contribution in [1.82, 2.24) is 20.9 Å². The number of likely N-dealkylation sites (tertiary alicyclic amines) is 1. The number of hydrogen-bond acceptors (Lipinski definition) is 3. The Morgan fingerprint density at radius 1 is 1.17 bits per heavy atom. The largest absolute Gasteiger partial charge is 0.357 e. The van der Waals surface area contributed by atoms with E-state index in [0.29, 0.717) is 19.1 Å². The summed E-state index contributed by atoms with van der Waals surface area (Å²) in [5, 5.41) is 10.6. The summed E-state index contributed by atoms with van der Waals surface area (Å²) in [6.45, 7) is 12.8. The summed E-state index contributed by atoms with van der Waals surface area (Å²) < 4.78 is 0. The minimum absolute atomic E-state index is 0.0544. The first-order chi connectivity index (χ1) is 13.8. The van der Waals surface area contributed by atoms with Crippen LogP contribution < -0.4 is 16.0 Å². The van der Waals surface area contributed by atoms with Gasteiger partial charge in [-0.3, -0.25) is 14.7 Å². The molecule has 0 radical (unpaired) electrons. The smallest absolute Gasteiger partial charge is 0.225 e. The van der Waals surface area contributed by atoms with Crippen LogP contribution in [0.1, 0.15) is 46.1 Å². The number of amides is 1. The average Bonchev–Trinajstić information content (AvgIpc) is 2.67. The highest BCUT2D eigenvalue weighted by Gasteiger charge is 2.21. The van der Waals surface area contributed by atoms with Crippen LogP contribution in [-0.2, 0) is 11.3 Å². The normalized spacial score (nSPS) is 16.5. The molecule has 1 fully saturated rings. The summed E-state index contributed by atoms with van der Waals surface area (Å²) in [5.41, 5.74) is 0.930. The molecule has 0 spiro atoms. The molecule has 0 saturated carbocycles. The molecule has 1 aliphatic heterocycles. The lowest BCUT2D eigenvalue weighted by Gasteiger charge is -2.33. The lowest BCUT2D eigenvalue weighted by Crippen LogP contribution is -2.48. The third kappa shape index (κ3) is 8.62. The number of aliphatic imine (C=N–C) groups is 1. The van der Waals surface area contributed by atoms with Gasteiger partial charge in [-0.25, -0.2) is 0 Å². The van der Waals surface area contributed by atoms with Crippen molar-refractivity contribution < 1.29 is 4.79 Å². The zero-order chi connectivity index (χ0) is 21.3. The Bertz CT molecular complexity index is 661. The second-order valence-electron chi connectivity index (χ2n) is 8.59. The maximum Gasteiger partial charge on any atom is 0.225 e. The molecule has 0 bridgehead atoms. The Hall–Kier alpha value is -1.79. The number of rotatable bonds is 7. The fourth-order valence-corrected chi connectivity index (χ4v) is 3.33. The molecule has 7 heteroatoms. The number of piperidine rings is 1. The molecule has 0 aliphatic carbocycles. The van der Waals surface area contributed by atoms with Crippen LogP contribution in [0.25, 0.3) is 0 Å². The van der Waals surface area contributed by atoms with E-state index in [1.54, 1.807) is 0 Å². The van der Waals surface area contributed by atoms with E-state index in [1.807, 2.05) is 32.9 Å². The van der Waals surface area contributed by atoms with Crippen molar-refractivity contribution in [1.29, 1.82) is 0 Å². The molecule has 1 aliphatic rings. The van der Waals surface area contributed by atoms with Crippen LogP contribution >= 0.6 is 11.6 Å². The molecule has 2 rings (SSSR count). The van der Waals surface area contributed by atoms with Gasteiger partial charge in [0.2, 0.25) is 5.91 Å². The number of nitrogens with zero attached hydrogens (tertiary/aromatic N) is 2. The van der Waals surface area contributed by atoms with E-state index in [1.165, 1.54) is 5.56 Å². The monoisotopic (exact) mass is 421 g/mol. The second kappa shape index (κ2) is 11.4. The number of nitrogens with one attached hydrogen (secondary N) is 3. The van der Waals surface area contributed by atoms with E-state index < -0.39 is 0 Å². The van der Waals surface area contributed by atoms with Crippen molar-refractivity contribution in [3.8, 4) is 0 Å². The van der Waals surface area contributed by atoms with E-state index in [9.17, 15) is 4.79 Å². The maximum atomic E-state index is 11.9. The molecule has 6 nitrogen and oxygen atoms in total. The fourth-order valence-electron chi connectivity index (χ4n) is 3.20. The highest BCUT2D eigenvalue weighted by Crippen LogP contribution is 2.16. The molecule has 162 valence electrons. The number of benzene rings is 1. The van der Waals surface area contributed by atoms with E-state index in [4.69, 9.17) is 11.6 Å². The Kier molecular flexibility index (Phi) is 9.24. The Balaban J connectivity index is 1.75. The van der Waals surface area contributed by atoms with Gasteiger partial charge in [-0.2, -0.15) is 0 Å². The minimum atomic E-state index is -0.369. The van der Waals surface area contributed by atoms with Crippen LogP contribution in [0.4, 0.5) is 0 Å². The predicted octanol–water partition coefficient (Wildman–Crippen LogP) is 3.02. The number of hydrogen-bond donors (Lipinski definition) is 3. The van der Waals surface area contributed by atoms with Crippen LogP contribution in [0, 0.1) is 5.41 Å². The van der Waals surface area contributed by atoms with Crippen molar-refractivity contribution in [3.05, 3.63) is 34.9 Å². The predicted molar refractivity (Wildman–Crippen MR) is 121 cm³/mol. The first-order valence-corrected chi connectivity index (χ1v) is 11.0. The fraction of sp³-hybridized carbons (Fsp3) is 0.636. The zero-order valence-electron chi connectivity index (χ0n) is 18.2. The number of halogens is 1. The zero-order valence-corrected chi connectivity index (χ0v) is 19.0. The van der Waals surface area contributed by atoms with E-state index in [2.05, 4.69) is 44.9 Å². The van der Waals surface area contributed by atoms with Gasteiger partial charge >= 0.3 is 0 Å². The Labute approximate surface area is 180 Å². The van der Waals surface area contributed by atoms with Gasteiger partial charge in [0.1, 0.15) is 0 Å². The van der Waals surface area contributed by atoms with Gasteiger partial charge in [0.05, 0.1) is 6.54 Å². The van der Waals surface area contributed by atoms with Gasteiger partial charge in [0.25, 0.3) is 0 Å². The SMILES string of the molecule is CCNC(=NCCNC(=O)C(C)(C)C)NC1CCN(Cc2ccc(Cl)cc2)CC1. The van der Waals surface area contributed by atoms with Crippen molar-refractivity contribution in [2.45, 2.75) is 53.1 Å². The molecule has 1 saturated heterocycles. The summed E-state index contributed by atoms with van der Waals surface area (Å²) >= 11 is 5.97. The van der Waals surface area contributed by atoms with Crippen LogP contribution in [0.2, 0.25) is 5.02 Å². The van der Waals surface area contributed by atoms with E-state index in [-0.39, 0.29) is 11.3 Å². The van der Waals surface area contributed by atoms with Crippen LogP contribution in [0.3, 0.4) is 0 Å². The molecule has 3 N–H and O–H groups in total. The molecule has 0 unspecified atom stereocenters. The standard InChI is InChI=1S/C22H36ClN5O/c1-5-24-21(26-13-12-25-20(29)22(2,3)4)27-19-10-14-28(15-11-19)16-17-6-8-18(23)9-7-17/h6-9,19H,5,10-16H2,1-4H3,(H,25,29)(H2,24,26,27). The molecule has 1 aromatic rings. The third-order valence-corrected chi connectivity index (χ3v) is 5.19. The Morgan fingerprint density at radius 2 is 1.83 bits per heavy atom. The van der Waals surface area contributed by atoms with Gasteiger partial charge < -0.3 is 16.0 Å². The number of guanidine groups is 1. The molecular formula is C22H36ClN5O. The number of carbonyl (C=O) groups is 1. The molecule has 0 aromatic heterocycles. The molecule has 29 heavy (non-hydrogen) atoms. The molecular weight excluding hydrogens is 386 g/mol. The summed E-state index contributed by atoms with van der Waals surface area (Å²) in [6.07, 6.45) is 2.16. The highest BCUT2D eigenvalue weighted by atomic mass is 35.5. The van der Waals surface area contributed by atoms with Gasteiger partial charge in [-0.15, -0.1) is 0 Å². The van der Waals surface area contributed by atoms with Crippen molar-refractivity contribution in [2.24, 2.45) is 10.4 Å². The first-order valence-electron chi connectivity index (χ1n) is 10.6. The molecule has 0 atom stereocenters. The summed E-state index contributed by atoms with van der Waals surface area (Å²) in [4.78, 5) is 19.0. The van der Waals surface area contributed by atoms with Crippen molar-refractivity contribution in [3.63, 3.8) is 0 Å². The van der Waals surface area contributed by atoms with Gasteiger partial charge in [0, 0.05) is 49.2 Å². The Morgan fingerprint density at radius 3 is 2.41 bits per heavy atom. The lowest BCUT2D eigenvalue weighted by molar-refractivity contribution is -0.128. The minimum Gasteiger partial charge on any atom is -0.357 e. The quantitative estimate of drug-likeness (QED) is 0.359. The lowest BCUT2D eigenvalue weighted by atomic mass is 9.96. The van der Waals surface area contributed by atoms with E-state index >= 15 is 0 Å². The van der Waals surface area contributed by atoms with Gasteiger partial charge in [0.15, 0.2) is 5.96 Å². The average molecular weight is 422 g/mol. The van der Waals surface area contributed by atoms with Gasteiger partial charge in [-0.05, 0) is 37.5 Å². The summed E-state index contributed by atoms with van der Waals surface area (Å²) in [5.74, 6) is 0.882. The summed E-state index contributed by atoms with van der Waals surface area (Å²) in [6, 6.07) is 8.52. The van der Waals surface area contributed by atoms with Crippen LogP contribution in [-0.4, -0.2) is 55.5 Å². The van der Waals surface area contributed by atoms with Crippen LogP contribution in [0.5, 0.6) is 0 Å². The molecule has 1 aromatic carbocycles. The van der Waals surface area contributed by atoms with Gasteiger partial charge in [-0.1, -0.05) is 44.5 Å². The molecule has 1 amide bonds. The van der Waals surface area contributed by atoms with E-state index in [0.717, 1.165) is 50.0 Å². The van der Waals surface area contributed by atoms with Crippen LogP contribution in [0.15, 0.2) is 29.3 Å². The number of carbonyl (C=O) groups excluding carboxylic acids is 1. The topological polar surface area (TPSA) is 68.8 Å². The van der Waals surface area contributed by atoms with Crippen molar-refractivity contribution in [2.75, 3.05) is 32.7 Å². The summed E-state index contributed by atoms with van der Waals surface area (Å²) in [7, 11) is 0. The third-order valence-electron chi connectivity index (χ3n) is 4.94.